The first-order valence-corrected chi connectivity index (χ1v) is 9.61. The number of anilines is 1. The number of ether oxygens (including phenoxy) is 1. The number of hydrogen-bond donors (Lipinski definition) is 1. The monoisotopic (exact) mass is 455 g/mol. The van der Waals surface area contributed by atoms with E-state index in [2.05, 4.69) is 29.9 Å². The Labute approximate surface area is 185 Å². The molecular weight excluding hydrogens is 439 g/mol. The van der Waals surface area contributed by atoms with E-state index in [1.165, 1.54) is 12.3 Å². The number of alkyl halides is 3. The summed E-state index contributed by atoms with van der Waals surface area (Å²) in [6.07, 6.45) is -2.64. The van der Waals surface area contributed by atoms with Crippen LogP contribution in [0.4, 0.5) is 23.8 Å². The molecule has 0 aliphatic heterocycles. The first kappa shape index (κ1) is 21.9. The maximum Gasteiger partial charge on any atom is 0.471 e. The zero-order valence-corrected chi connectivity index (χ0v) is 17.1. The SMILES string of the molecule is Cc1cc(-c2noc(C(F)(F)F)n2)cnc1NC(=O)OCc1ccc(-c2ccccc2)nc1. The minimum atomic E-state index is -4.74. The highest BCUT2D eigenvalue weighted by molar-refractivity contribution is 5.84. The first-order valence-electron chi connectivity index (χ1n) is 9.61. The van der Waals surface area contributed by atoms with Gasteiger partial charge in [0.1, 0.15) is 12.4 Å². The molecule has 0 radical (unpaired) electrons. The van der Waals surface area contributed by atoms with Gasteiger partial charge in [-0.05, 0) is 24.6 Å². The van der Waals surface area contributed by atoms with Crippen LogP contribution in [-0.2, 0) is 17.5 Å². The normalized spacial score (nSPS) is 11.3. The number of nitrogens with one attached hydrogen (secondary N) is 1. The van der Waals surface area contributed by atoms with Crippen LogP contribution in [-0.4, -0.2) is 26.2 Å². The maximum atomic E-state index is 12.6. The number of rotatable bonds is 5. The van der Waals surface area contributed by atoms with Gasteiger partial charge in [-0.1, -0.05) is 41.6 Å². The van der Waals surface area contributed by atoms with Crippen LogP contribution < -0.4 is 5.32 Å². The number of pyridine rings is 2. The van der Waals surface area contributed by atoms with Gasteiger partial charge in [-0.2, -0.15) is 18.2 Å². The molecule has 3 aromatic heterocycles. The van der Waals surface area contributed by atoms with Gasteiger partial charge in [0.2, 0.25) is 5.82 Å². The number of aryl methyl sites for hydroxylation is 1. The molecule has 33 heavy (non-hydrogen) atoms. The third kappa shape index (κ3) is 5.32. The van der Waals surface area contributed by atoms with Crippen LogP contribution in [0.15, 0.2) is 65.4 Å². The predicted octanol–water partition coefficient (Wildman–Crippen LogP) is 5.27. The van der Waals surface area contributed by atoms with E-state index in [-0.39, 0.29) is 23.8 Å². The molecule has 1 amide bonds. The lowest BCUT2D eigenvalue weighted by Gasteiger charge is -2.09. The maximum absolute atomic E-state index is 12.6. The van der Waals surface area contributed by atoms with E-state index in [0.29, 0.717) is 11.1 Å². The van der Waals surface area contributed by atoms with Crippen molar-refractivity contribution in [3.05, 3.63) is 77.9 Å². The van der Waals surface area contributed by atoms with E-state index >= 15 is 0 Å². The van der Waals surface area contributed by atoms with Gasteiger partial charge in [0.05, 0.1) is 5.69 Å². The fourth-order valence-corrected chi connectivity index (χ4v) is 2.85. The summed E-state index contributed by atoms with van der Waals surface area (Å²) in [4.78, 5) is 23.9. The highest BCUT2D eigenvalue weighted by Gasteiger charge is 2.38. The number of carbonyl (C=O) groups is 1. The molecule has 4 aromatic rings. The molecule has 11 heteroatoms. The van der Waals surface area contributed by atoms with Gasteiger partial charge in [0, 0.05) is 29.1 Å². The second-order valence-corrected chi connectivity index (χ2v) is 6.93. The van der Waals surface area contributed by atoms with Crippen molar-refractivity contribution < 1.29 is 27.2 Å². The van der Waals surface area contributed by atoms with Crippen LogP contribution in [0.25, 0.3) is 22.6 Å². The summed E-state index contributed by atoms with van der Waals surface area (Å²) >= 11 is 0. The lowest BCUT2D eigenvalue weighted by atomic mass is 10.1. The van der Waals surface area contributed by atoms with Crippen LogP contribution in [0.5, 0.6) is 0 Å². The average molecular weight is 455 g/mol. The molecule has 0 saturated heterocycles. The largest absolute Gasteiger partial charge is 0.471 e. The zero-order chi connectivity index (χ0) is 23.4. The molecule has 0 unspecified atom stereocenters. The van der Waals surface area contributed by atoms with Gasteiger partial charge >= 0.3 is 18.2 Å². The third-order valence-corrected chi connectivity index (χ3v) is 4.49. The molecule has 0 bridgehead atoms. The van der Waals surface area contributed by atoms with E-state index in [4.69, 9.17) is 4.74 Å². The second kappa shape index (κ2) is 9.07. The molecule has 1 N–H and O–H groups in total. The van der Waals surface area contributed by atoms with E-state index in [1.54, 1.807) is 19.2 Å². The van der Waals surface area contributed by atoms with Crippen LogP contribution in [0.3, 0.4) is 0 Å². The highest BCUT2D eigenvalue weighted by atomic mass is 19.4. The molecular formula is C22H16F3N5O3. The number of aromatic nitrogens is 4. The van der Waals surface area contributed by atoms with Crippen LogP contribution in [0.2, 0.25) is 0 Å². The Morgan fingerprint density at radius 3 is 2.48 bits per heavy atom. The number of carbonyl (C=O) groups excluding carboxylic acids is 1. The minimum Gasteiger partial charge on any atom is -0.444 e. The summed E-state index contributed by atoms with van der Waals surface area (Å²) in [5.74, 6) is -1.54. The van der Waals surface area contributed by atoms with Crippen molar-refractivity contribution in [3.8, 4) is 22.6 Å². The number of halogens is 3. The minimum absolute atomic E-state index is 0.00584. The quantitative estimate of drug-likeness (QED) is 0.437. The smallest absolute Gasteiger partial charge is 0.444 e. The lowest BCUT2D eigenvalue weighted by Crippen LogP contribution is -2.15. The molecule has 0 spiro atoms. The van der Waals surface area contributed by atoms with Gasteiger partial charge in [-0.3, -0.25) is 10.3 Å². The Morgan fingerprint density at radius 1 is 1.06 bits per heavy atom. The number of benzene rings is 1. The van der Waals surface area contributed by atoms with E-state index in [9.17, 15) is 18.0 Å². The van der Waals surface area contributed by atoms with Crippen molar-refractivity contribution in [2.45, 2.75) is 19.7 Å². The molecule has 4 rings (SSSR count). The number of hydrogen-bond acceptors (Lipinski definition) is 7. The predicted molar refractivity (Wildman–Crippen MR) is 111 cm³/mol. The van der Waals surface area contributed by atoms with Crippen molar-refractivity contribution in [2.75, 3.05) is 5.32 Å². The number of nitrogens with zero attached hydrogens (tertiary/aromatic N) is 4. The summed E-state index contributed by atoms with van der Waals surface area (Å²) in [6.45, 7) is 1.61. The van der Waals surface area contributed by atoms with E-state index < -0.39 is 18.2 Å². The van der Waals surface area contributed by atoms with E-state index in [0.717, 1.165) is 11.3 Å². The first-order chi connectivity index (χ1) is 15.8. The standard InChI is InChI=1S/C22H16F3N5O3/c1-13-9-16(19-28-20(33-30-19)22(23,24)25)11-27-18(13)29-21(31)32-12-14-7-8-17(26-10-14)15-5-3-2-4-6-15/h2-11H,12H2,1H3,(H,27,29,31). The fraction of sp³-hybridized carbons (Fsp3) is 0.136. The molecule has 0 aliphatic rings. The van der Waals surface area contributed by atoms with Crippen LogP contribution in [0.1, 0.15) is 17.0 Å². The Balaban J connectivity index is 1.35. The molecule has 8 nitrogen and oxygen atoms in total. The summed E-state index contributed by atoms with van der Waals surface area (Å²) in [7, 11) is 0. The topological polar surface area (TPSA) is 103 Å². The van der Waals surface area contributed by atoms with Gasteiger partial charge in [0.25, 0.3) is 0 Å². The van der Waals surface area contributed by atoms with Crippen molar-refractivity contribution in [3.63, 3.8) is 0 Å². The lowest BCUT2D eigenvalue weighted by molar-refractivity contribution is -0.159. The molecule has 1 aromatic carbocycles. The number of amides is 1. The zero-order valence-electron chi connectivity index (χ0n) is 17.1. The van der Waals surface area contributed by atoms with Crippen molar-refractivity contribution in [1.82, 2.24) is 20.1 Å². The molecule has 0 saturated carbocycles. The molecule has 3 heterocycles. The van der Waals surface area contributed by atoms with Crippen LogP contribution >= 0.6 is 0 Å². The van der Waals surface area contributed by atoms with Gasteiger partial charge in [-0.25, -0.2) is 9.78 Å². The summed E-state index contributed by atoms with van der Waals surface area (Å²) < 4.78 is 47.3. The van der Waals surface area contributed by atoms with Gasteiger partial charge in [-0.15, -0.1) is 0 Å². The Morgan fingerprint density at radius 2 is 1.85 bits per heavy atom. The molecule has 0 atom stereocenters. The van der Waals surface area contributed by atoms with Crippen LogP contribution in [0, 0.1) is 6.92 Å². The van der Waals surface area contributed by atoms with Crippen molar-refractivity contribution in [2.24, 2.45) is 0 Å². The van der Waals surface area contributed by atoms with Gasteiger partial charge in [0.15, 0.2) is 0 Å². The summed E-state index contributed by atoms with van der Waals surface area (Å²) in [5, 5.41) is 5.80. The van der Waals surface area contributed by atoms with Crippen molar-refractivity contribution in [1.29, 1.82) is 0 Å². The Bertz CT molecular complexity index is 1260. The van der Waals surface area contributed by atoms with E-state index in [1.807, 2.05) is 36.4 Å². The Kier molecular flexibility index (Phi) is 6.03. The van der Waals surface area contributed by atoms with Crippen molar-refractivity contribution >= 4 is 11.9 Å². The Hall–Kier alpha value is -4.28. The summed E-state index contributed by atoms with van der Waals surface area (Å²) in [5.41, 5.74) is 3.14. The fourth-order valence-electron chi connectivity index (χ4n) is 2.85. The summed E-state index contributed by atoms with van der Waals surface area (Å²) in [6, 6.07) is 14.8. The average Bonchev–Trinajstić information content (AvgIpc) is 3.31. The second-order valence-electron chi connectivity index (χ2n) is 6.93. The molecule has 0 fully saturated rings. The third-order valence-electron chi connectivity index (χ3n) is 4.49. The van der Waals surface area contributed by atoms with Gasteiger partial charge < -0.3 is 9.26 Å². The molecule has 0 aliphatic carbocycles. The molecule has 168 valence electrons. The highest BCUT2D eigenvalue weighted by Crippen LogP contribution is 2.29.